The monoisotopic (exact) mass is 199 g/mol. The molecule has 1 aliphatic rings. The van der Waals surface area contributed by atoms with Crippen LogP contribution in [-0.4, -0.2) is 42.5 Å². The molecule has 0 spiro atoms. The van der Waals surface area contributed by atoms with Gasteiger partial charge in [-0.25, -0.2) is 0 Å². The van der Waals surface area contributed by atoms with Crippen molar-refractivity contribution in [3.8, 4) is 0 Å². The molecule has 0 aromatic rings. The van der Waals surface area contributed by atoms with Crippen LogP contribution in [0.15, 0.2) is 0 Å². The maximum Gasteiger partial charge on any atom is 0.237 e. The first-order chi connectivity index (χ1) is 6.52. The zero-order valence-electron chi connectivity index (χ0n) is 9.29. The van der Waals surface area contributed by atoms with Gasteiger partial charge in [-0.1, -0.05) is 13.8 Å². The Hall–Kier alpha value is -0.610. The zero-order valence-corrected chi connectivity index (χ0v) is 9.29. The number of nitrogens with one attached hydrogen (secondary N) is 1. The molecule has 2 atom stereocenters. The first-order valence-electron chi connectivity index (χ1n) is 5.29. The van der Waals surface area contributed by atoms with Crippen LogP contribution < -0.4 is 11.1 Å². The van der Waals surface area contributed by atoms with Crippen LogP contribution in [0.25, 0.3) is 0 Å². The van der Waals surface area contributed by atoms with Crippen molar-refractivity contribution >= 4 is 5.91 Å². The largest absolute Gasteiger partial charge is 0.353 e. The van der Waals surface area contributed by atoms with E-state index in [1.54, 1.807) is 0 Å². The van der Waals surface area contributed by atoms with Gasteiger partial charge in [-0.2, -0.15) is 0 Å². The van der Waals surface area contributed by atoms with E-state index in [9.17, 15) is 4.79 Å². The molecule has 0 aliphatic carbocycles. The van der Waals surface area contributed by atoms with E-state index in [1.165, 1.54) is 0 Å². The van der Waals surface area contributed by atoms with E-state index in [0.29, 0.717) is 5.92 Å². The number of nitrogens with two attached hydrogens (primary N) is 1. The van der Waals surface area contributed by atoms with Crippen LogP contribution in [0.2, 0.25) is 0 Å². The standard InChI is InChI=1S/C10H21N3O/c1-7(2)9-10(14)12-4-5-13(9)6-8(3)11/h7-9H,4-6,11H2,1-3H3,(H,12,14). The molecule has 0 aromatic carbocycles. The van der Waals surface area contributed by atoms with Crippen molar-refractivity contribution in [2.75, 3.05) is 19.6 Å². The van der Waals surface area contributed by atoms with Crippen LogP contribution in [0, 0.1) is 5.92 Å². The quantitative estimate of drug-likeness (QED) is 0.661. The third-order valence-electron chi connectivity index (χ3n) is 2.51. The normalized spacial score (nSPS) is 26.4. The summed E-state index contributed by atoms with van der Waals surface area (Å²) in [4.78, 5) is 13.8. The van der Waals surface area contributed by atoms with Gasteiger partial charge >= 0.3 is 0 Å². The topological polar surface area (TPSA) is 58.4 Å². The Kier molecular flexibility index (Phi) is 3.89. The molecule has 4 heteroatoms. The molecule has 1 fully saturated rings. The summed E-state index contributed by atoms with van der Waals surface area (Å²) in [6.45, 7) is 8.58. The molecule has 3 N–H and O–H groups in total. The lowest BCUT2D eigenvalue weighted by molar-refractivity contribution is -0.130. The van der Waals surface area contributed by atoms with E-state index in [1.807, 2.05) is 6.92 Å². The molecule has 2 unspecified atom stereocenters. The number of amides is 1. The van der Waals surface area contributed by atoms with E-state index >= 15 is 0 Å². The summed E-state index contributed by atoms with van der Waals surface area (Å²) >= 11 is 0. The van der Waals surface area contributed by atoms with Gasteiger partial charge in [-0.05, 0) is 12.8 Å². The second-order valence-corrected chi connectivity index (χ2v) is 4.45. The SMILES string of the molecule is CC(N)CN1CCNC(=O)C1C(C)C. The highest BCUT2D eigenvalue weighted by Crippen LogP contribution is 2.13. The number of piperazine rings is 1. The van der Waals surface area contributed by atoms with Crippen LogP contribution in [0.1, 0.15) is 20.8 Å². The third-order valence-corrected chi connectivity index (χ3v) is 2.51. The molecule has 14 heavy (non-hydrogen) atoms. The van der Waals surface area contributed by atoms with Gasteiger partial charge in [-0.15, -0.1) is 0 Å². The number of hydrogen-bond acceptors (Lipinski definition) is 3. The number of carbonyl (C=O) groups is 1. The van der Waals surface area contributed by atoms with Crippen molar-refractivity contribution in [3.05, 3.63) is 0 Å². The fourth-order valence-corrected chi connectivity index (χ4v) is 2.03. The van der Waals surface area contributed by atoms with E-state index in [-0.39, 0.29) is 18.0 Å². The molecule has 0 bridgehead atoms. The van der Waals surface area contributed by atoms with Crippen molar-refractivity contribution < 1.29 is 4.79 Å². The van der Waals surface area contributed by atoms with Gasteiger partial charge in [0, 0.05) is 25.7 Å². The van der Waals surface area contributed by atoms with Crippen molar-refractivity contribution in [2.45, 2.75) is 32.9 Å². The van der Waals surface area contributed by atoms with Gasteiger partial charge in [0.2, 0.25) is 5.91 Å². The minimum absolute atomic E-state index is 0.00486. The molecular formula is C10H21N3O. The maximum atomic E-state index is 11.6. The minimum atomic E-state index is -0.00486. The highest BCUT2D eigenvalue weighted by molar-refractivity contribution is 5.82. The molecule has 1 heterocycles. The lowest BCUT2D eigenvalue weighted by Gasteiger charge is -2.38. The van der Waals surface area contributed by atoms with Crippen LogP contribution >= 0.6 is 0 Å². The van der Waals surface area contributed by atoms with Crippen molar-refractivity contribution in [3.63, 3.8) is 0 Å². The molecule has 1 aliphatic heterocycles. The Morgan fingerprint density at radius 1 is 1.57 bits per heavy atom. The summed E-state index contributed by atoms with van der Waals surface area (Å²) in [6.07, 6.45) is 0. The molecule has 82 valence electrons. The van der Waals surface area contributed by atoms with Crippen LogP contribution in [0.5, 0.6) is 0 Å². The lowest BCUT2D eigenvalue weighted by Crippen LogP contribution is -2.59. The molecule has 1 rings (SSSR count). The summed E-state index contributed by atoms with van der Waals surface area (Å²) in [5.74, 6) is 0.487. The Labute approximate surface area is 85.8 Å². The van der Waals surface area contributed by atoms with Crippen LogP contribution in [0.4, 0.5) is 0 Å². The Morgan fingerprint density at radius 3 is 2.71 bits per heavy atom. The Morgan fingerprint density at radius 2 is 2.21 bits per heavy atom. The number of carbonyl (C=O) groups excluding carboxylic acids is 1. The molecule has 0 aromatic heterocycles. The molecular weight excluding hydrogens is 178 g/mol. The van der Waals surface area contributed by atoms with Gasteiger partial charge in [-0.3, -0.25) is 9.69 Å². The average molecular weight is 199 g/mol. The lowest BCUT2D eigenvalue weighted by atomic mass is 9.99. The maximum absolute atomic E-state index is 11.6. The Bertz CT molecular complexity index is 204. The van der Waals surface area contributed by atoms with Gasteiger partial charge in [0.25, 0.3) is 0 Å². The highest BCUT2D eigenvalue weighted by atomic mass is 16.2. The zero-order chi connectivity index (χ0) is 10.7. The van der Waals surface area contributed by atoms with Crippen LogP contribution in [-0.2, 0) is 4.79 Å². The third kappa shape index (κ3) is 2.69. The first-order valence-corrected chi connectivity index (χ1v) is 5.29. The summed E-state index contributed by atoms with van der Waals surface area (Å²) in [6, 6.07) is 0.122. The van der Waals surface area contributed by atoms with Gasteiger partial charge in [0.15, 0.2) is 0 Å². The highest BCUT2D eigenvalue weighted by Gasteiger charge is 2.31. The first kappa shape index (κ1) is 11.5. The van der Waals surface area contributed by atoms with Gasteiger partial charge < -0.3 is 11.1 Å². The van der Waals surface area contributed by atoms with E-state index < -0.39 is 0 Å². The molecule has 0 radical (unpaired) electrons. The van der Waals surface area contributed by atoms with Crippen LogP contribution in [0.3, 0.4) is 0 Å². The van der Waals surface area contributed by atoms with Crippen molar-refractivity contribution in [2.24, 2.45) is 11.7 Å². The fraction of sp³-hybridized carbons (Fsp3) is 0.900. The molecule has 4 nitrogen and oxygen atoms in total. The van der Waals surface area contributed by atoms with Crippen molar-refractivity contribution in [1.29, 1.82) is 0 Å². The Balaban J connectivity index is 2.65. The van der Waals surface area contributed by atoms with E-state index in [2.05, 4.69) is 24.1 Å². The smallest absolute Gasteiger partial charge is 0.237 e. The predicted octanol–water partition coefficient (Wildman–Crippen LogP) is -0.210. The summed E-state index contributed by atoms with van der Waals surface area (Å²) in [7, 11) is 0. The van der Waals surface area contributed by atoms with Crippen molar-refractivity contribution in [1.82, 2.24) is 10.2 Å². The second-order valence-electron chi connectivity index (χ2n) is 4.45. The molecule has 1 amide bonds. The van der Waals surface area contributed by atoms with E-state index in [4.69, 9.17) is 5.73 Å². The number of rotatable bonds is 3. The summed E-state index contributed by atoms with van der Waals surface area (Å²) in [5, 5.41) is 2.90. The minimum Gasteiger partial charge on any atom is -0.353 e. The molecule has 0 saturated carbocycles. The fourth-order valence-electron chi connectivity index (χ4n) is 2.03. The predicted molar refractivity (Wildman–Crippen MR) is 56.9 cm³/mol. The second kappa shape index (κ2) is 4.75. The van der Waals surface area contributed by atoms with Gasteiger partial charge in [0.05, 0.1) is 6.04 Å². The van der Waals surface area contributed by atoms with Gasteiger partial charge in [0.1, 0.15) is 0 Å². The average Bonchev–Trinajstić information content (AvgIpc) is 2.01. The van der Waals surface area contributed by atoms with E-state index in [0.717, 1.165) is 19.6 Å². The molecule has 1 saturated heterocycles. The number of hydrogen-bond donors (Lipinski definition) is 2. The summed E-state index contributed by atoms with van der Waals surface area (Å²) in [5.41, 5.74) is 5.76. The number of nitrogens with zero attached hydrogens (tertiary/aromatic N) is 1. The summed E-state index contributed by atoms with van der Waals surface area (Å²) < 4.78 is 0.